The summed E-state index contributed by atoms with van der Waals surface area (Å²) in [5, 5.41) is 4.48. The highest BCUT2D eigenvalue weighted by Crippen LogP contribution is 2.64. The Labute approximate surface area is 362 Å². The van der Waals surface area contributed by atoms with Crippen LogP contribution in [-0.4, -0.2) is 19.5 Å². The smallest absolute Gasteiger partial charge is 0.164 e. The molecule has 9 aromatic carbocycles. The maximum atomic E-state index is 6.56. The predicted molar refractivity (Wildman–Crippen MR) is 254 cm³/mol. The Balaban J connectivity index is 1.01. The highest BCUT2D eigenvalue weighted by atomic mass is 16.3. The van der Waals surface area contributed by atoms with Crippen molar-refractivity contribution in [1.82, 2.24) is 19.5 Å². The lowest BCUT2D eigenvalue weighted by Gasteiger charge is -2.30. The zero-order valence-corrected chi connectivity index (χ0v) is 33.8. The van der Waals surface area contributed by atoms with Crippen molar-refractivity contribution < 1.29 is 4.42 Å². The van der Waals surface area contributed by atoms with E-state index in [0.717, 1.165) is 49.8 Å². The summed E-state index contributed by atoms with van der Waals surface area (Å²) in [5.74, 6) is 1.87. The molecule has 292 valence electrons. The monoisotopic (exact) mass is 802 g/mol. The molecule has 1 spiro atoms. The van der Waals surface area contributed by atoms with Gasteiger partial charge in [0.1, 0.15) is 11.2 Å². The second-order valence-electron chi connectivity index (χ2n) is 16.7. The highest BCUT2D eigenvalue weighted by molar-refractivity contribution is 6.17. The summed E-state index contributed by atoms with van der Waals surface area (Å²) in [6, 6.07) is 73.8. The van der Waals surface area contributed by atoms with Crippen LogP contribution < -0.4 is 0 Å². The topological polar surface area (TPSA) is 56.7 Å². The summed E-state index contributed by atoms with van der Waals surface area (Å²) in [6.07, 6.45) is 0. The first kappa shape index (κ1) is 34.3. The van der Waals surface area contributed by atoms with Crippen LogP contribution in [0.2, 0.25) is 0 Å². The summed E-state index contributed by atoms with van der Waals surface area (Å²) >= 11 is 0. The molecular formula is C58H34N4O. The van der Waals surface area contributed by atoms with E-state index < -0.39 is 5.41 Å². The average Bonchev–Trinajstić information content (AvgIpc) is 4.07. The second kappa shape index (κ2) is 12.8. The van der Waals surface area contributed by atoms with Crippen LogP contribution >= 0.6 is 0 Å². The number of hydrogen-bond acceptors (Lipinski definition) is 4. The van der Waals surface area contributed by atoms with Crippen molar-refractivity contribution in [3.8, 4) is 62.1 Å². The van der Waals surface area contributed by atoms with Crippen LogP contribution in [0, 0.1) is 0 Å². The number of furan rings is 1. The second-order valence-corrected chi connectivity index (χ2v) is 16.7. The Morgan fingerprint density at radius 1 is 0.365 bits per heavy atom. The minimum atomic E-state index is -0.439. The van der Waals surface area contributed by atoms with Gasteiger partial charge < -0.3 is 8.98 Å². The van der Waals surface area contributed by atoms with Crippen molar-refractivity contribution in [3.05, 3.63) is 229 Å². The van der Waals surface area contributed by atoms with Gasteiger partial charge in [0.05, 0.1) is 16.4 Å². The van der Waals surface area contributed by atoms with Crippen molar-refractivity contribution in [2.75, 3.05) is 0 Å². The first-order valence-corrected chi connectivity index (χ1v) is 21.4. The fourth-order valence-corrected chi connectivity index (χ4v) is 10.9. The van der Waals surface area contributed by atoms with Gasteiger partial charge in [0, 0.05) is 49.5 Å². The van der Waals surface area contributed by atoms with Crippen LogP contribution in [-0.2, 0) is 5.41 Å². The fourth-order valence-electron chi connectivity index (χ4n) is 10.9. The molecule has 0 N–H and O–H groups in total. The molecule has 3 aromatic heterocycles. The van der Waals surface area contributed by atoms with Crippen molar-refractivity contribution in [1.29, 1.82) is 0 Å². The molecule has 0 radical (unpaired) electrons. The zero-order valence-electron chi connectivity index (χ0n) is 33.8. The molecular weight excluding hydrogens is 769 g/mol. The SMILES string of the molecule is c1ccc(-c2nc(-c3ccccc3)nc(-c3ccc4oc5ccc(-n6c7ccccc7c7ccc8c(c76)-c6ccccc6C86c7ccccc7-c7ccccc76)cc5c4c3)n2)cc1. The lowest BCUT2D eigenvalue weighted by molar-refractivity contribution is 0.669. The van der Waals surface area contributed by atoms with Crippen LogP contribution in [0.3, 0.4) is 0 Å². The molecule has 2 aliphatic carbocycles. The van der Waals surface area contributed by atoms with Gasteiger partial charge in [-0.15, -0.1) is 0 Å². The molecule has 0 bridgehead atoms. The third-order valence-electron chi connectivity index (χ3n) is 13.5. The molecule has 5 heteroatoms. The van der Waals surface area contributed by atoms with Crippen LogP contribution in [0.15, 0.2) is 211 Å². The van der Waals surface area contributed by atoms with E-state index in [9.17, 15) is 0 Å². The number of fused-ring (bicyclic) bond motifs is 17. The molecule has 0 saturated carbocycles. The van der Waals surface area contributed by atoms with Gasteiger partial charge in [0.25, 0.3) is 0 Å². The lowest BCUT2D eigenvalue weighted by atomic mass is 9.70. The predicted octanol–water partition coefficient (Wildman–Crippen LogP) is 14.2. The van der Waals surface area contributed by atoms with E-state index in [0.29, 0.717) is 17.5 Å². The Morgan fingerprint density at radius 2 is 0.889 bits per heavy atom. The number of para-hydroxylation sites is 1. The Bertz CT molecular complexity index is 3760. The summed E-state index contributed by atoms with van der Waals surface area (Å²) in [5.41, 5.74) is 17.9. The summed E-state index contributed by atoms with van der Waals surface area (Å²) in [6.45, 7) is 0. The summed E-state index contributed by atoms with van der Waals surface area (Å²) in [7, 11) is 0. The first-order chi connectivity index (χ1) is 31.2. The van der Waals surface area contributed by atoms with Crippen molar-refractivity contribution in [3.63, 3.8) is 0 Å². The number of hydrogen-bond donors (Lipinski definition) is 0. The van der Waals surface area contributed by atoms with Gasteiger partial charge in [-0.1, -0.05) is 164 Å². The van der Waals surface area contributed by atoms with E-state index in [4.69, 9.17) is 19.4 Å². The van der Waals surface area contributed by atoms with Crippen LogP contribution in [0.25, 0.3) is 106 Å². The third kappa shape index (κ3) is 4.68. The van der Waals surface area contributed by atoms with E-state index >= 15 is 0 Å². The number of benzene rings is 9. The number of rotatable bonds is 4. The molecule has 0 amide bonds. The zero-order chi connectivity index (χ0) is 41.2. The van der Waals surface area contributed by atoms with Gasteiger partial charge in [-0.25, -0.2) is 15.0 Å². The summed E-state index contributed by atoms with van der Waals surface area (Å²) < 4.78 is 9.05. The lowest BCUT2D eigenvalue weighted by Crippen LogP contribution is -2.25. The maximum Gasteiger partial charge on any atom is 0.164 e. The maximum absolute atomic E-state index is 6.56. The van der Waals surface area contributed by atoms with Crippen LogP contribution in [0.1, 0.15) is 22.3 Å². The van der Waals surface area contributed by atoms with E-state index in [1.54, 1.807) is 0 Å². The minimum absolute atomic E-state index is 0.439. The molecule has 0 aliphatic heterocycles. The van der Waals surface area contributed by atoms with E-state index in [-0.39, 0.29) is 0 Å². The van der Waals surface area contributed by atoms with Crippen LogP contribution in [0.5, 0.6) is 0 Å². The Kier molecular flexibility index (Phi) is 6.97. The largest absolute Gasteiger partial charge is 0.456 e. The average molecular weight is 803 g/mol. The summed E-state index contributed by atoms with van der Waals surface area (Å²) in [4.78, 5) is 15.0. The van der Waals surface area contributed by atoms with Gasteiger partial charge in [0.15, 0.2) is 17.5 Å². The van der Waals surface area contributed by atoms with Gasteiger partial charge in [-0.3, -0.25) is 0 Å². The molecule has 0 fully saturated rings. The van der Waals surface area contributed by atoms with Crippen molar-refractivity contribution >= 4 is 43.7 Å². The van der Waals surface area contributed by atoms with Crippen molar-refractivity contribution in [2.45, 2.75) is 5.41 Å². The first-order valence-electron chi connectivity index (χ1n) is 21.4. The molecule has 14 rings (SSSR count). The number of nitrogens with zero attached hydrogens (tertiary/aromatic N) is 4. The third-order valence-corrected chi connectivity index (χ3v) is 13.5. The normalized spacial score (nSPS) is 13.2. The fraction of sp³-hybridized carbons (Fsp3) is 0.0172. The van der Waals surface area contributed by atoms with Gasteiger partial charge in [-0.2, -0.15) is 0 Å². The standard InChI is InChI=1S/C58H34N4O/c1-3-15-35(16-4-1)55-59-56(36-17-5-2-6-18-36)61-57(60-55)37-27-31-51-44(33-37)45-34-38(28-32-52(45)63-51)62-50-26-14-10-21-41(50)42-29-30-49-53(54(42)62)43-22-9-13-25-48(43)58(49)46-23-11-7-19-39(46)40-20-8-12-24-47(40)58/h1-34H. The molecule has 3 heterocycles. The van der Waals surface area contributed by atoms with Crippen LogP contribution in [0.4, 0.5) is 0 Å². The van der Waals surface area contributed by atoms with Gasteiger partial charge >= 0.3 is 0 Å². The quantitative estimate of drug-likeness (QED) is 0.178. The van der Waals surface area contributed by atoms with E-state index in [1.165, 1.54) is 60.8 Å². The van der Waals surface area contributed by atoms with E-state index in [1.807, 2.05) is 72.8 Å². The molecule has 12 aromatic rings. The minimum Gasteiger partial charge on any atom is -0.456 e. The number of aromatic nitrogens is 4. The Hall–Kier alpha value is -8.41. The van der Waals surface area contributed by atoms with Gasteiger partial charge in [0.2, 0.25) is 0 Å². The van der Waals surface area contributed by atoms with E-state index in [2.05, 4.69) is 138 Å². The molecule has 63 heavy (non-hydrogen) atoms. The van der Waals surface area contributed by atoms with Crippen molar-refractivity contribution in [2.24, 2.45) is 0 Å². The molecule has 0 saturated heterocycles. The molecule has 0 unspecified atom stereocenters. The molecule has 5 nitrogen and oxygen atoms in total. The Morgan fingerprint density at radius 3 is 1.56 bits per heavy atom. The molecule has 2 aliphatic rings. The highest BCUT2D eigenvalue weighted by Gasteiger charge is 2.52. The van der Waals surface area contributed by atoms with Gasteiger partial charge in [-0.05, 0) is 81.4 Å². The molecule has 0 atom stereocenters.